The summed E-state index contributed by atoms with van der Waals surface area (Å²) in [5, 5.41) is 3.90. The number of methoxy groups -OCH3 is 1. The first-order valence-electron chi connectivity index (χ1n) is 11.2. The fourth-order valence-corrected chi connectivity index (χ4v) is 4.31. The van der Waals surface area contributed by atoms with E-state index >= 15 is 0 Å². The molecule has 0 unspecified atom stereocenters. The van der Waals surface area contributed by atoms with Gasteiger partial charge in [-0.3, -0.25) is 9.59 Å². The molecular weight excluding hydrogens is 422 g/mol. The van der Waals surface area contributed by atoms with Crippen molar-refractivity contribution >= 4 is 22.7 Å². The highest BCUT2D eigenvalue weighted by Gasteiger charge is 2.25. The monoisotopic (exact) mass is 453 g/mol. The summed E-state index contributed by atoms with van der Waals surface area (Å²) in [6.07, 6.45) is 10.6. The molecule has 33 heavy (non-hydrogen) atoms. The van der Waals surface area contributed by atoms with E-state index in [1.165, 1.54) is 4.90 Å². The highest BCUT2D eigenvalue weighted by Crippen LogP contribution is 2.28. The van der Waals surface area contributed by atoms with Gasteiger partial charge in [-0.25, -0.2) is 4.98 Å². The van der Waals surface area contributed by atoms with E-state index in [0.717, 1.165) is 31.4 Å². The summed E-state index contributed by atoms with van der Waals surface area (Å²) in [7, 11) is 5.09. The fraction of sp³-hybridized carbons (Fsp3) is 0.458. The Bertz CT molecular complexity index is 1100. The van der Waals surface area contributed by atoms with Crippen LogP contribution >= 0.6 is 0 Å². The smallest absolute Gasteiger partial charge is 0.255 e. The van der Waals surface area contributed by atoms with Crippen LogP contribution in [0.1, 0.15) is 46.4 Å². The molecule has 2 amide bonds. The summed E-state index contributed by atoms with van der Waals surface area (Å²) in [6.45, 7) is 1.19. The molecule has 9 nitrogen and oxygen atoms in total. The Hall–Kier alpha value is -3.17. The molecule has 0 saturated heterocycles. The molecule has 2 heterocycles. The molecule has 1 aliphatic rings. The zero-order valence-corrected chi connectivity index (χ0v) is 19.3. The minimum atomic E-state index is -0.156. The lowest BCUT2D eigenvalue weighted by molar-refractivity contribution is -0.00408. The van der Waals surface area contributed by atoms with Crippen LogP contribution in [0.4, 0.5) is 0 Å². The third kappa shape index (κ3) is 5.09. The van der Waals surface area contributed by atoms with Crippen molar-refractivity contribution in [1.82, 2.24) is 24.8 Å². The second kappa shape index (κ2) is 10.2. The number of benzene rings is 1. The highest BCUT2D eigenvalue weighted by molar-refractivity contribution is 6.13. The number of nitrogens with one attached hydrogen (secondary N) is 2. The zero-order valence-electron chi connectivity index (χ0n) is 19.3. The van der Waals surface area contributed by atoms with E-state index in [4.69, 9.17) is 9.47 Å². The number of aromatic amines is 1. The molecule has 1 aromatic carbocycles. The van der Waals surface area contributed by atoms with Crippen LogP contribution < -0.4 is 5.32 Å². The largest absolute Gasteiger partial charge is 0.382 e. The third-order valence-corrected chi connectivity index (χ3v) is 6.11. The molecule has 1 fully saturated rings. The van der Waals surface area contributed by atoms with Crippen molar-refractivity contribution in [2.45, 2.75) is 37.8 Å². The first-order chi connectivity index (χ1) is 16.0. The van der Waals surface area contributed by atoms with Gasteiger partial charge in [0.1, 0.15) is 0 Å². The molecule has 0 bridgehead atoms. The van der Waals surface area contributed by atoms with Crippen LogP contribution in [-0.4, -0.2) is 77.8 Å². The molecule has 0 radical (unpaired) electrons. The fourth-order valence-electron chi connectivity index (χ4n) is 4.31. The number of fused-ring (bicyclic) bond motifs is 1. The van der Waals surface area contributed by atoms with Crippen LogP contribution in [0.2, 0.25) is 0 Å². The number of aromatic nitrogens is 3. The lowest BCUT2D eigenvalue weighted by Crippen LogP contribution is -2.39. The van der Waals surface area contributed by atoms with E-state index in [0.29, 0.717) is 35.2 Å². The Labute approximate surface area is 193 Å². The number of rotatable bonds is 8. The number of amides is 2. The predicted octanol–water partition coefficient (Wildman–Crippen LogP) is 2.76. The first kappa shape index (κ1) is 23.0. The van der Waals surface area contributed by atoms with Crippen LogP contribution in [0, 0.1) is 0 Å². The number of carbonyl (C=O) groups is 2. The Morgan fingerprint density at radius 3 is 2.64 bits per heavy atom. The molecule has 9 heteroatoms. The summed E-state index contributed by atoms with van der Waals surface area (Å²) in [6, 6.07) is 3.83. The maximum absolute atomic E-state index is 13.4. The lowest BCUT2D eigenvalue weighted by Gasteiger charge is -2.29. The Morgan fingerprint density at radius 1 is 1.18 bits per heavy atom. The molecule has 1 aliphatic carbocycles. The average Bonchev–Trinajstić information content (AvgIpc) is 3.49. The van der Waals surface area contributed by atoms with Gasteiger partial charge in [0.25, 0.3) is 11.8 Å². The van der Waals surface area contributed by atoms with E-state index in [2.05, 4.69) is 15.3 Å². The molecule has 3 aromatic rings. The molecule has 0 spiro atoms. The lowest BCUT2D eigenvalue weighted by atomic mass is 9.92. The van der Waals surface area contributed by atoms with Crippen LogP contribution in [0.5, 0.6) is 0 Å². The average molecular weight is 454 g/mol. The summed E-state index contributed by atoms with van der Waals surface area (Å²) in [5.41, 5.74) is 2.46. The van der Waals surface area contributed by atoms with Crippen LogP contribution in [-0.2, 0) is 9.47 Å². The van der Waals surface area contributed by atoms with Crippen molar-refractivity contribution in [1.29, 1.82) is 0 Å². The minimum Gasteiger partial charge on any atom is -0.382 e. The van der Waals surface area contributed by atoms with E-state index < -0.39 is 0 Å². The summed E-state index contributed by atoms with van der Waals surface area (Å²) < 4.78 is 12.7. The van der Waals surface area contributed by atoms with E-state index in [-0.39, 0.29) is 24.0 Å². The van der Waals surface area contributed by atoms with Gasteiger partial charge in [-0.05, 0) is 37.8 Å². The van der Waals surface area contributed by atoms with Gasteiger partial charge in [0.2, 0.25) is 0 Å². The van der Waals surface area contributed by atoms with Gasteiger partial charge in [0.15, 0.2) is 0 Å². The van der Waals surface area contributed by atoms with Crippen LogP contribution in [0.3, 0.4) is 0 Å². The quantitative estimate of drug-likeness (QED) is 0.511. The highest BCUT2D eigenvalue weighted by atomic mass is 16.5. The Kier molecular flexibility index (Phi) is 7.10. The minimum absolute atomic E-state index is 0.0876. The number of ether oxygens (including phenoxy) is 2. The van der Waals surface area contributed by atoms with Gasteiger partial charge in [0.05, 0.1) is 42.3 Å². The number of nitrogens with zero attached hydrogens (tertiary/aromatic N) is 3. The van der Waals surface area contributed by atoms with Crippen molar-refractivity contribution in [2.24, 2.45) is 0 Å². The second-order valence-electron chi connectivity index (χ2n) is 8.60. The molecule has 176 valence electrons. The van der Waals surface area contributed by atoms with Gasteiger partial charge in [-0.1, -0.05) is 0 Å². The van der Waals surface area contributed by atoms with Gasteiger partial charge >= 0.3 is 0 Å². The van der Waals surface area contributed by atoms with E-state index in [1.807, 2.05) is 22.9 Å². The van der Waals surface area contributed by atoms with Crippen molar-refractivity contribution < 1.29 is 19.1 Å². The number of hydrogen-bond donors (Lipinski definition) is 2. The van der Waals surface area contributed by atoms with Crippen molar-refractivity contribution in [2.75, 3.05) is 34.4 Å². The second-order valence-corrected chi connectivity index (χ2v) is 8.60. The standard InChI is InChI=1S/C24H31N5O4/c1-28(2)24(31)21-14-26-22-19(21)12-17(29-9-8-25-15-29)13-20(22)23(30)27-16-4-6-18(7-5-16)33-11-10-32-3/h8-9,12-16,18,26H,4-7,10-11H2,1-3H3,(H,27,30). The molecule has 0 atom stereocenters. The molecule has 2 N–H and O–H groups in total. The van der Waals surface area contributed by atoms with Crippen LogP contribution in [0.15, 0.2) is 37.1 Å². The Balaban J connectivity index is 1.56. The van der Waals surface area contributed by atoms with Crippen molar-refractivity contribution in [3.05, 3.63) is 48.2 Å². The van der Waals surface area contributed by atoms with Gasteiger partial charge in [-0.2, -0.15) is 0 Å². The summed E-state index contributed by atoms with van der Waals surface area (Å²) in [5.74, 6) is -0.279. The topological polar surface area (TPSA) is 101 Å². The molecule has 0 aliphatic heterocycles. The maximum atomic E-state index is 13.4. The predicted molar refractivity (Wildman–Crippen MR) is 125 cm³/mol. The molecule has 4 rings (SSSR count). The van der Waals surface area contributed by atoms with E-state index in [1.54, 1.807) is 39.9 Å². The maximum Gasteiger partial charge on any atom is 0.255 e. The van der Waals surface area contributed by atoms with Gasteiger partial charge in [0, 0.05) is 56.9 Å². The van der Waals surface area contributed by atoms with Gasteiger partial charge in [-0.15, -0.1) is 0 Å². The van der Waals surface area contributed by atoms with Crippen LogP contribution in [0.25, 0.3) is 16.6 Å². The zero-order chi connectivity index (χ0) is 23.4. The Morgan fingerprint density at radius 2 is 1.97 bits per heavy atom. The van der Waals surface area contributed by atoms with Gasteiger partial charge < -0.3 is 29.2 Å². The number of H-pyrrole nitrogens is 1. The number of carbonyl (C=O) groups excluding carboxylic acids is 2. The molecule has 1 saturated carbocycles. The SMILES string of the molecule is COCCOC1CCC(NC(=O)c2cc(-n3ccnc3)cc3c(C(=O)N(C)C)c[nH]c23)CC1. The first-order valence-corrected chi connectivity index (χ1v) is 11.2. The molecular formula is C24H31N5O4. The summed E-state index contributed by atoms with van der Waals surface area (Å²) >= 11 is 0. The van der Waals surface area contributed by atoms with Crippen molar-refractivity contribution in [3.8, 4) is 5.69 Å². The normalized spacial score (nSPS) is 18.4. The van der Waals surface area contributed by atoms with E-state index in [9.17, 15) is 9.59 Å². The third-order valence-electron chi connectivity index (χ3n) is 6.11. The summed E-state index contributed by atoms with van der Waals surface area (Å²) in [4.78, 5) is 34.9. The number of hydrogen-bond acceptors (Lipinski definition) is 5. The molecule has 2 aromatic heterocycles. The van der Waals surface area contributed by atoms with Crippen molar-refractivity contribution in [3.63, 3.8) is 0 Å². The number of imidazole rings is 1.